The number of anilines is 1. The van der Waals surface area contributed by atoms with Gasteiger partial charge in [0.2, 0.25) is 0 Å². The van der Waals surface area contributed by atoms with Crippen molar-refractivity contribution in [3.05, 3.63) is 29.3 Å². The molecular formula is C10H7F2NO. The zero-order valence-electron chi connectivity index (χ0n) is 7.18. The van der Waals surface area contributed by atoms with Gasteiger partial charge in [0.15, 0.2) is 11.6 Å². The van der Waals surface area contributed by atoms with E-state index in [0.29, 0.717) is 6.29 Å². The van der Waals surface area contributed by atoms with E-state index in [1.807, 2.05) is 0 Å². The first-order valence-electron chi connectivity index (χ1n) is 3.82. The van der Waals surface area contributed by atoms with Gasteiger partial charge in [0.25, 0.3) is 0 Å². The number of aldehydes is 1. The Kier molecular flexibility index (Phi) is 3.19. The Labute approximate surface area is 79.7 Å². The van der Waals surface area contributed by atoms with Crippen LogP contribution in [0.3, 0.4) is 0 Å². The molecule has 2 N–H and O–H groups in total. The van der Waals surface area contributed by atoms with E-state index in [2.05, 4.69) is 11.8 Å². The fourth-order valence-corrected chi connectivity index (χ4v) is 0.874. The number of benzene rings is 1. The summed E-state index contributed by atoms with van der Waals surface area (Å²) in [5.74, 6) is 2.57. The van der Waals surface area contributed by atoms with Crippen LogP contribution in [0.2, 0.25) is 0 Å². The lowest BCUT2D eigenvalue weighted by Gasteiger charge is -1.99. The first-order chi connectivity index (χ1) is 6.66. The van der Waals surface area contributed by atoms with Gasteiger partial charge in [-0.05, 0) is 12.1 Å². The minimum Gasteiger partial charge on any atom is -0.398 e. The molecule has 1 aromatic rings. The van der Waals surface area contributed by atoms with Crippen molar-refractivity contribution in [1.82, 2.24) is 0 Å². The van der Waals surface area contributed by atoms with Crippen LogP contribution in [-0.2, 0) is 4.79 Å². The Bertz CT molecular complexity index is 418. The number of hydrogen-bond donors (Lipinski definition) is 1. The highest BCUT2D eigenvalue weighted by molar-refractivity contribution is 5.59. The average Bonchev–Trinajstić information content (AvgIpc) is 2.18. The largest absolute Gasteiger partial charge is 0.398 e. The number of nitrogen functional groups attached to an aromatic ring is 1. The van der Waals surface area contributed by atoms with Crippen LogP contribution in [0, 0.1) is 23.5 Å². The summed E-state index contributed by atoms with van der Waals surface area (Å²) in [5, 5.41) is 0. The highest BCUT2D eigenvalue weighted by Gasteiger charge is 2.08. The maximum absolute atomic E-state index is 13.0. The Hall–Kier alpha value is -1.89. The van der Waals surface area contributed by atoms with Gasteiger partial charge in [-0.3, -0.25) is 0 Å². The van der Waals surface area contributed by atoms with Crippen molar-refractivity contribution in [3.63, 3.8) is 0 Å². The minimum absolute atomic E-state index is 0.0323. The predicted molar refractivity (Wildman–Crippen MR) is 48.3 cm³/mol. The zero-order chi connectivity index (χ0) is 10.6. The highest BCUT2D eigenvalue weighted by atomic mass is 19.2. The van der Waals surface area contributed by atoms with E-state index in [9.17, 15) is 13.6 Å². The van der Waals surface area contributed by atoms with Crippen molar-refractivity contribution in [3.8, 4) is 11.8 Å². The van der Waals surface area contributed by atoms with E-state index in [1.165, 1.54) is 6.07 Å². The van der Waals surface area contributed by atoms with E-state index in [1.54, 1.807) is 0 Å². The lowest BCUT2D eigenvalue weighted by molar-refractivity contribution is -0.107. The van der Waals surface area contributed by atoms with Gasteiger partial charge >= 0.3 is 0 Å². The molecule has 0 atom stereocenters. The molecule has 0 aliphatic heterocycles. The molecule has 0 saturated carbocycles. The quantitative estimate of drug-likeness (QED) is 0.419. The van der Waals surface area contributed by atoms with Gasteiger partial charge in [-0.15, -0.1) is 0 Å². The minimum atomic E-state index is -1.08. The Morgan fingerprint density at radius 3 is 2.79 bits per heavy atom. The lowest BCUT2D eigenvalue weighted by Crippen LogP contribution is -1.96. The molecule has 0 aliphatic carbocycles. The molecule has 0 spiro atoms. The van der Waals surface area contributed by atoms with Gasteiger partial charge in [-0.1, -0.05) is 11.8 Å². The third-order valence-electron chi connectivity index (χ3n) is 1.53. The topological polar surface area (TPSA) is 43.1 Å². The molecule has 0 unspecified atom stereocenters. The second kappa shape index (κ2) is 4.38. The van der Waals surface area contributed by atoms with Crippen molar-refractivity contribution in [2.24, 2.45) is 0 Å². The fraction of sp³-hybridized carbons (Fsp3) is 0.100. The molecule has 0 saturated heterocycles. The van der Waals surface area contributed by atoms with Crippen molar-refractivity contribution in [1.29, 1.82) is 0 Å². The maximum Gasteiger partial charge on any atom is 0.176 e. The number of halogens is 2. The van der Waals surface area contributed by atoms with E-state index < -0.39 is 11.6 Å². The molecule has 0 radical (unpaired) electrons. The molecule has 0 fully saturated rings. The van der Waals surface area contributed by atoms with Crippen molar-refractivity contribution < 1.29 is 13.6 Å². The van der Waals surface area contributed by atoms with Crippen LogP contribution in [0.5, 0.6) is 0 Å². The summed E-state index contributed by atoms with van der Waals surface area (Å²) < 4.78 is 25.7. The smallest absolute Gasteiger partial charge is 0.176 e. The first kappa shape index (κ1) is 10.2. The molecular weight excluding hydrogens is 188 g/mol. The number of nitrogens with two attached hydrogens (primary N) is 1. The highest BCUT2D eigenvalue weighted by Crippen LogP contribution is 2.17. The van der Waals surface area contributed by atoms with Crippen molar-refractivity contribution in [2.45, 2.75) is 6.42 Å². The molecule has 72 valence electrons. The molecule has 0 amide bonds. The number of hydrogen-bond acceptors (Lipinski definition) is 2. The fourth-order valence-electron chi connectivity index (χ4n) is 0.874. The second-order valence-corrected chi connectivity index (χ2v) is 2.50. The summed E-state index contributed by atoms with van der Waals surface area (Å²) in [6.07, 6.45) is 0.537. The van der Waals surface area contributed by atoms with E-state index in [-0.39, 0.29) is 17.7 Å². The summed E-state index contributed by atoms with van der Waals surface area (Å²) in [6, 6.07) is 2.15. The molecule has 2 nitrogen and oxygen atoms in total. The van der Waals surface area contributed by atoms with Crippen LogP contribution >= 0.6 is 0 Å². The van der Waals surface area contributed by atoms with Crippen LogP contribution in [0.25, 0.3) is 0 Å². The Morgan fingerprint density at radius 1 is 1.43 bits per heavy atom. The summed E-state index contributed by atoms with van der Waals surface area (Å²) in [4.78, 5) is 9.93. The van der Waals surface area contributed by atoms with Crippen LogP contribution in [0.4, 0.5) is 14.5 Å². The first-order valence-corrected chi connectivity index (χ1v) is 3.82. The van der Waals surface area contributed by atoms with Crippen molar-refractivity contribution in [2.75, 3.05) is 5.73 Å². The van der Waals surface area contributed by atoms with Gasteiger partial charge in [-0.25, -0.2) is 8.78 Å². The van der Waals surface area contributed by atoms with Gasteiger partial charge < -0.3 is 10.5 Å². The molecule has 1 aromatic carbocycles. The monoisotopic (exact) mass is 195 g/mol. The summed E-state index contributed by atoms with van der Waals surface area (Å²) >= 11 is 0. The molecule has 14 heavy (non-hydrogen) atoms. The van der Waals surface area contributed by atoms with Gasteiger partial charge in [0.05, 0.1) is 17.7 Å². The lowest BCUT2D eigenvalue weighted by atomic mass is 10.1. The van der Waals surface area contributed by atoms with Crippen LogP contribution in [0.15, 0.2) is 12.1 Å². The van der Waals surface area contributed by atoms with Crippen molar-refractivity contribution >= 4 is 12.0 Å². The number of carbonyl (C=O) groups is 1. The van der Waals surface area contributed by atoms with E-state index in [0.717, 1.165) is 6.07 Å². The standard InChI is InChI=1S/C10H7F2NO/c11-8-4-5-9(13)7(10(8)12)3-1-2-6-14/h4-6H,2,13H2. The van der Waals surface area contributed by atoms with Crippen LogP contribution < -0.4 is 5.73 Å². The van der Waals surface area contributed by atoms with E-state index in [4.69, 9.17) is 5.73 Å². The van der Waals surface area contributed by atoms with Gasteiger partial charge in [0, 0.05) is 0 Å². The van der Waals surface area contributed by atoms with E-state index >= 15 is 0 Å². The average molecular weight is 195 g/mol. The maximum atomic E-state index is 13.0. The summed E-state index contributed by atoms with van der Waals surface area (Å²) in [6.45, 7) is 0. The molecule has 0 heterocycles. The zero-order valence-corrected chi connectivity index (χ0v) is 7.18. The summed E-state index contributed by atoms with van der Waals surface area (Å²) in [5.41, 5.74) is 5.23. The third-order valence-corrected chi connectivity index (χ3v) is 1.53. The number of rotatable bonds is 1. The predicted octanol–water partition coefficient (Wildman–Crippen LogP) is 1.49. The van der Waals surface area contributed by atoms with Crippen LogP contribution in [-0.4, -0.2) is 6.29 Å². The number of carbonyl (C=O) groups excluding carboxylic acids is 1. The molecule has 0 bridgehead atoms. The molecule has 0 aliphatic rings. The second-order valence-electron chi connectivity index (χ2n) is 2.50. The Balaban J connectivity index is 3.14. The Morgan fingerprint density at radius 2 is 2.14 bits per heavy atom. The van der Waals surface area contributed by atoms with Gasteiger partial charge in [-0.2, -0.15) is 0 Å². The SMILES string of the molecule is Nc1ccc(F)c(F)c1C#CCC=O. The summed E-state index contributed by atoms with van der Waals surface area (Å²) in [7, 11) is 0. The van der Waals surface area contributed by atoms with Gasteiger partial charge in [0.1, 0.15) is 6.29 Å². The molecule has 0 aromatic heterocycles. The van der Waals surface area contributed by atoms with Crippen LogP contribution in [0.1, 0.15) is 12.0 Å². The molecule has 4 heteroatoms. The third kappa shape index (κ3) is 2.07. The molecule has 1 rings (SSSR count). The normalized spacial score (nSPS) is 9.00.